The zero-order valence-electron chi connectivity index (χ0n) is 23.3. The smallest absolute Gasteiger partial charge is 0.249 e. The summed E-state index contributed by atoms with van der Waals surface area (Å²) in [5.74, 6) is 0.838. The number of methoxy groups -OCH3 is 3. The van der Waals surface area contributed by atoms with E-state index in [-0.39, 0.29) is 24.5 Å². The van der Waals surface area contributed by atoms with Crippen LogP contribution in [-0.2, 0) is 20.9 Å². The number of carbonyl (C=O) groups excluding carboxylic acids is 2. The Kier molecular flexibility index (Phi) is 8.64. The average Bonchev–Trinajstić information content (AvgIpc) is 3.69. The third-order valence-corrected chi connectivity index (χ3v) is 7.08. The molecule has 1 aromatic heterocycles. The van der Waals surface area contributed by atoms with E-state index >= 15 is 0 Å². The SMILES string of the molecule is COc1ccc(N(C(=O)Cn2nnc3ccccc32)[C@@H](C(=O)NC[C@H]2CCCO2)c2ccc(OC)c(OC)c2)cc1. The number of ether oxygens (including phenoxy) is 4. The maximum atomic E-state index is 14.2. The highest BCUT2D eigenvalue weighted by Gasteiger charge is 2.34. The number of hydrogen-bond acceptors (Lipinski definition) is 8. The van der Waals surface area contributed by atoms with Gasteiger partial charge in [0, 0.05) is 18.8 Å². The molecule has 11 heteroatoms. The summed E-state index contributed by atoms with van der Waals surface area (Å²) in [4.78, 5) is 29.7. The van der Waals surface area contributed by atoms with Crippen LogP contribution >= 0.6 is 0 Å². The Morgan fingerprint density at radius 2 is 1.80 bits per heavy atom. The first kappa shape index (κ1) is 27.9. The van der Waals surface area contributed by atoms with E-state index in [1.165, 1.54) is 16.7 Å². The molecule has 4 aromatic rings. The van der Waals surface area contributed by atoms with E-state index in [0.717, 1.165) is 12.8 Å². The number of nitrogens with zero attached hydrogens (tertiary/aromatic N) is 4. The van der Waals surface area contributed by atoms with Crippen LogP contribution in [0.15, 0.2) is 66.7 Å². The van der Waals surface area contributed by atoms with Crippen LogP contribution in [0.3, 0.4) is 0 Å². The monoisotopic (exact) mass is 559 g/mol. The second kappa shape index (κ2) is 12.7. The van der Waals surface area contributed by atoms with Crippen LogP contribution < -0.4 is 24.4 Å². The normalized spacial score (nSPS) is 15.3. The number of fused-ring (bicyclic) bond motifs is 1. The predicted molar refractivity (Wildman–Crippen MR) is 152 cm³/mol. The average molecular weight is 560 g/mol. The molecule has 2 heterocycles. The number of aromatic nitrogens is 3. The number of hydrogen-bond donors (Lipinski definition) is 1. The van der Waals surface area contributed by atoms with Gasteiger partial charge in [-0.25, -0.2) is 4.68 Å². The highest BCUT2D eigenvalue weighted by Crippen LogP contribution is 2.35. The molecule has 0 spiro atoms. The van der Waals surface area contributed by atoms with Crippen LogP contribution in [0.1, 0.15) is 24.4 Å². The zero-order valence-corrected chi connectivity index (χ0v) is 23.3. The largest absolute Gasteiger partial charge is 0.497 e. The lowest BCUT2D eigenvalue weighted by atomic mass is 10.0. The third kappa shape index (κ3) is 6.09. The lowest BCUT2D eigenvalue weighted by Gasteiger charge is -2.32. The molecular weight excluding hydrogens is 526 g/mol. The Morgan fingerprint density at radius 1 is 1.02 bits per heavy atom. The maximum Gasteiger partial charge on any atom is 0.249 e. The molecule has 0 radical (unpaired) electrons. The molecule has 1 fully saturated rings. The Hall–Kier alpha value is -4.64. The first-order valence-corrected chi connectivity index (χ1v) is 13.4. The Labute approximate surface area is 237 Å². The number of nitrogens with one attached hydrogen (secondary N) is 1. The summed E-state index contributed by atoms with van der Waals surface area (Å²) >= 11 is 0. The fourth-order valence-electron chi connectivity index (χ4n) is 4.98. The molecule has 2 atom stereocenters. The molecule has 41 heavy (non-hydrogen) atoms. The Balaban J connectivity index is 1.57. The van der Waals surface area contributed by atoms with Crippen LogP contribution in [0, 0.1) is 0 Å². The summed E-state index contributed by atoms with van der Waals surface area (Å²) in [6.07, 6.45) is 1.74. The van der Waals surface area contributed by atoms with Crippen LogP contribution in [0.2, 0.25) is 0 Å². The second-order valence-corrected chi connectivity index (χ2v) is 9.59. The van der Waals surface area contributed by atoms with Gasteiger partial charge in [-0.1, -0.05) is 23.4 Å². The van der Waals surface area contributed by atoms with E-state index in [1.807, 2.05) is 24.3 Å². The predicted octanol–water partition coefficient (Wildman–Crippen LogP) is 3.53. The van der Waals surface area contributed by atoms with Crippen LogP contribution in [-0.4, -0.2) is 67.4 Å². The van der Waals surface area contributed by atoms with E-state index in [1.54, 1.807) is 56.7 Å². The molecular formula is C30H33N5O6. The van der Waals surface area contributed by atoms with Gasteiger partial charge in [0.1, 0.15) is 23.9 Å². The molecule has 0 unspecified atom stereocenters. The van der Waals surface area contributed by atoms with Crippen LogP contribution in [0.5, 0.6) is 17.2 Å². The molecule has 5 rings (SSSR count). The van der Waals surface area contributed by atoms with Crippen molar-refractivity contribution in [1.82, 2.24) is 20.3 Å². The fraction of sp³-hybridized carbons (Fsp3) is 0.333. The quantitative estimate of drug-likeness (QED) is 0.297. The Bertz CT molecular complexity index is 1500. The number of anilines is 1. The van der Waals surface area contributed by atoms with Crippen molar-refractivity contribution < 1.29 is 28.5 Å². The number of benzene rings is 3. The minimum Gasteiger partial charge on any atom is -0.497 e. The number of carbonyl (C=O) groups is 2. The van der Waals surface area contributed by atoms with E-state index in [0.29, 0.717) is 52.7 Å². The van der Waals surface area contributed by atoms with Gasteiger partial charge in [-0.05, 0) is 66.9 Å². The summed E-state index contributed by atoms with van der Waals surface area (Å²) in [5, 5.41) is 11.4. The summed E-state index contributed by atoms with van der Waals surface area (Å²) in [6.45, 7) is 0.859. The van der Waals surface area contributed by atoms with E-state index in [4.69, 9.17) is 18.9 Å². The van der Waals surface area contributed by atoms with Gasteiger partial charge in [0.25, 0.3) is 0 Å². The van der Waals surface area contributed by atoms with Crippen molar-refractivity contribution in [1.29, 1.82) is 0 Å². The lowest BCUT2D eigenvalue weighted by Crippen LogP contribution is -2.46. The molecule has 0 saturated carbocycles. The third-order valence-electron chi connectivity index (χ3n) is 7.08. The highest BCUT2D eigenvalue weighted by molar-refractivity contribution is 6.01. The standard InChI is InChI=1S/C30H33N5O6/c1-38-22-13-11-21(12-14-22)35(28(36)19-34-25-9-5-4-8-24(25)32-33-34)29(30(37)31-18-23-7-6-16-41-23)20-10-15-26(39-2)27(17-20)40-3/h4-5,8-15,17,23,29H,6-7,16,18-19H2,1-3H3,(H,31,37)/t23-,29-/m1/s1. The summed E-state index contributed by atoms with van der Waals surface area (Å²) in [7, 11) is 4.63. The summed E-state index contributed by atoms with van der Waals surface area (Å²) in [6, 6.07) is 18.5. The lowest BCUT2D eigenvalue weighted by molar-refractivity contribution is -0.127. The van der Waals surface area contributed by atoms with Crippen LogP contribution in [0.4, 0.5) is 5.69 Å². The van der Waals surface area contributed by atoms with E-state index in [9.17, 15) is 9.59 Å². The summed E-state index contributed by atoms with van der Waals surface area (Å²) in [5.41, 5.74) is 2.43. The first-order valence-electron chi connectivity index (χ1n) is 13.4. The number of para-hydroxylation sites is 1. The topological polar surface area (TPSA) is 117 Å². The number of rotatable bonds is 11. The minimum absolute atomic E-state index is 0.0725. The van der Waals surface area contributed by atoms with Gasteiger partial charge in [0.2, 0.25) is 11.8 Å². The zero-order chi connectivity index (χ0) is 28.8. The van der Waals surface area contributed by atoms with Gasteiger partial charge < -0.3 is 24.3 Å². The highest BCUT2D eigenvalue weighted by atomic mass is 16.5. The van der Waals surface area contributed by atoms with Crippen LogP contribution in [0.25, 0.3) is 11.0 Å². The molecule has 1 saturated heterocycles. The Morgan fingerprint density at radius 3 is 2.51 bits per heavy atom. The molecule has 3 aromatic carbocycles. The van der Waals surface area contributed by atoms with Crippen molar-refractivity contribution in [3.05, 3.63) is 72.3 Å². The van der Waals surface area contributed by atoms with Crippen molar-refractivity contribution in [2.75, 3.05) is 39.4 Å². The van der Waals surface area contributed by atoms with Gasteiger partial charge in [0.05, 0.1) is 33.0 Å². The molecule has 1 aliphatic rings. The van der Waals surface area contributed by atoms with E-state index < -0.39 is 6.04 Å². The molecule has 1 N–H and O–H groups in total. The van der Waals surface area contributed by atoms with E-state index in [2.05, 4.69) is 15.6 Å². The van der Waals surface area contributed by atoms with Crippen molar-refractivity contribution in [3.8, 4) is 17.2 Å². The molecule has 0 bridgehead atoms. The molecule has 11 nitrogen and oxygen atoms in total. The van der Waals surface area contributed by atoms with Crippen molar-refractivity contribution >= 4 is 28.5 Å². The van der Waals surface area contributed by atoms with Crippen molar-refractivity contribution in [2.45, 2.75) is 31.5 Å². The van der Waals surface area contributed by atoms with Gasteiger partial charge in [-0.15, -0.1) is 5.10 Å². The molecule has 2 amide bonds. The minimum atomic E-state index is -1.05. The van der Waals surface area contributed by atoms with Gasteiger partial charge in [-0.3, -0.25) is 14.5 Å². The molecule has 1 aliphatic heterocycles. The van der Waals surface area contributed by atoms with Crippen molar-refractivity contribution in [2.24, 2.45) is 0 Å². The van der Waals surface area contributed by atoms with Gasteiger partial charge in [0.15, 0.2) is 11.5 Å². The summed E-state index contributed by atoms with van der Waals surface area (Å²) < 4.78 is 23.5. The second-order valence-electron chi connectivity index (χ2n) is 9.59. The first-order chi connectivity index (χ1) is 20.0. The van der Waals surface area contributed by atoms with Gasteiger partial charge >= 0.3 is 0 Å². The maximum absolute atomic E-state index is 14.2. The molecule has 214 valence electrons. The number of amides is 2. The van der Waals surface area contributed by atoms with Gasteiger partial charge in [-0.2, -0.15) is 0 Å². The fourth-order valence-corrected chi connectivity index (χ4v) is 4.98. The molecule has 0 aliphatic carbocycles. The van der Waals surface area contributed by atoms with Crippen molar-refractivity contribution in [3.63, 3.8) is 0 Å².